The molecule has 6 nitrogen and oxygen atoms in total. The number of carbonyl (C=O) groups is 1. The molecular weight excluding hydrogens is 406 g/mol. The Balaban J connectivity index is 1.47. The lowest BCUT2D eigenvalue weighted by molar-refractivity contribution is -0.122. The zero-order valence-corrected chi connectivity index (χ0v) is 19.2. The molecule has 1 saturated carbocycles. The van der Waals surface area contributed by atoms with Crippen molar-refractivity contribution in [2.75, 3.05) is 31.8 Å². The Bertz CT molecular complexity index is 953. The highest BCUT2D eigenvalue weighted by atomic mass is 16.5. The molecule has 0 radical (unpaired) electrons. The highest BCUT2D eigenvalue weighted by Gasteiger charge is 2.35. The van der Waals surface area contributed by atoms with Crippen molar-refractivity contribution in [3.8, 4) is 17.2 Å². The predicted octanol–water partition coefficient (Wildman–Crippen LogP) is 4.33. The normalized spacial score (nSPS) is 18.3. The van der Waals surface area contributed by atoms with E-state index in [1.807, 2.05) is 12.1 Å². The van der Waals surface area contributed by atoms with Crippen LogP contribution in [0.2, 0.25) is 0 Å². The zero-order valence-electron chi connectivity index (χ0n) is 19.2. The molecule has 1 aliphatic heterocycles. The second-order valence-electron chi connectivity index (χ2n) is 9.03. The number of aliphatic hydroxyl groups is 1. The first-order chi connectivity index (χ1) is 15.5. The van der Waals surface area contributed by atoms with E-state index in [2.05, 4.69) is 26.0 Å². The Labute approximate surface area is 190 Å². The summed E-state index contributed by atoms with van der Waals surface area (Å²) in [6, 6.07) is 11.7. The van der Waals surface area contributed by atoms with E-state index in [9.17, 15) is 4.79 Å². The Kier molecular flexibility index (Phi) is 6.89. The van der Waals surface area contributed by atoms with Crippen LogP contribution in [0.1, 0.15) is 50.2 Å². The third-order valence-electron chi connectivity index (χ3n) is 6.00. The molecule has 6 heteroatoms. The summed E-state index contributed by atoms with van der Waals surface area (Å²) in [7, 11) is 1.56. The molecule has 0 aromatic heterocycles. The first-order valence-electron chi connectivity index (χ1n) is 11.5. The van der Waals surface area contributed by atoms with Crippen molar-refractivity contribution in [2.24, 2.45) is 5.92 Å². The van der Waals surface area contributed by atoms with Gasteiger partial charge >= 0.3 is 0 Å². The van der Waals surface area contributed by atoms with Gasteiger partial charge < -0.3 is 24.2 Å². The van der Waals surface area contributed by atoms with Gasteiger partial charge in [0.1, 0.15) is 12.4 Å². The molecule has 0 spiro atoms. The smallest absolute Gasteiger partial charge is 0.268 e. The number of rotatable bonds is 10. The summed E-state index contributed by atoms with van der Waals surface area (Å²) >= 11 is 0. The average Bonchev–Trinajstić information content (AvgIpc) is 3.56. The minimum absolute atomic E-state index is 0.0484. The summed E-state index contributed by atoms with van der Waals surface area (Å²) in [4.78, 5) is 14.8. The van der Waals surface area contributed by atoms with E-state index in [1.165, 1.54) is 24.0 Å². The number of hydrogen-bond acceptors (Lipinski definition) is 5. The minimum Gasteiger partial charge on any atom is -0.493 e. The number of hydrogen-bond donors (Lipinski definition) is 1. The molecule has 1 atom stereocenters. The fraction of sp³-hybridized carbons (Fsp3) is 0.500. The van der Waals surface area contributed by atoms with Crippen LogP contribution in [-0.2, 0) is 11.2 Å². The third kappa shape index (κ3) is 5.01. The molecular formula is C26H33NO5. The molecule has 1 unspecified atom stereocenters. The van der Waals surface area contributed by atoms with Crippen molar-refractivity contribution in [3.63, 3.8) is 0 Å². The molecule has 172 valence electrons. The summed E-state index contributed by atoms with van der Waals surface area (Å²) in [5.74, 6) is 3.06. The summed E-state index contributed by atoms with van der Waals surface area (Å²) in [5.41, 5.74) is 3.55. The van der Waals surface area contributed by atoms with Crippen molar-refractivity contribution in [3.05, 3.63) is 47.5 Å². The van der Waals surface area contributed by atoms with Gasteiger partial charge in [0.15, 0.2) is 17.6 Å². The van der Waals surface area contributed by atoms with Crippen LogP contribution in [0.4, 0.5) is 5.69 Å². The quantitative estimate of drug-likeness (QED) is 0.597. The number of methoxy groups -OCH3 is 1. The highest BCUT2D eigenvalue weighted by Crippen LogP contribution is 2.43. The summed E-state index contributed by atoms with van der Waals surface area (Å²) in [6.45, 7) is 5.16. The van der Waals surface area contributed by atoms with Gasteiger partial charge in [0.05, 0.1) is 13.7 Å². The fourth-order valence-corrected chi connectivity index (χ4v) is 4.35. The molecule has 1 aliphatic carbocycles. The SMILES string of the molecule is COc1cc(N2CCC(Oc3ccc(C4CC4)c(CC(C)C)c3)C2=O)ccc1OCCO. The largest absolute Gasteiger partial charge is 0.493 e. The lowest BCUT2D eigenvalue weighted by Crippen LogP contribution is -2.32. The number of benzene rings is 2. The molecule has 1 saturated heterocycles. The molecule has 0 bridgehead atoms. The second kappa shape index (κ2) is 9.82. The Hall–Kier alpha value is -2.73. The summed E-state index contributed by atoms with van der Waals surface area (Å²) < 4.78 is 17.1. The Morgan fingerprint density at radius 1 is 1.09 bits per heavy atom. The van der Waals surface area contributed by atoms with Gasteiger partial charge in [-0.15, -0.1) is 0 Å². The van der Waals surface area contributed by atoms with E-state index in [0.717, 1.165) is 17.9 Å². The van der Waals surface area contributed by atoms with Crippen LogP contribution < -0.4 is 19.1 Å². The van der Waals surface area contributed by atoms with Gasteiger partial charge in [-0.05, 0) is 66.5 Å². The van der Waals surface area contributed by atoms with E-state index >= 15 is 0 Å². The number of nitrogens with zero attached hydrogens (tertiary/aromatic N) is 1. The van der Waals surface area contributed by atoms with Crippen LogP contribution in [0.15, 0.2) is 36.4 Å². The highest BCUT2D eigenvalue weighted by molar-refractivity contribution is 5.99. The summed E-state index contributed by atoms with van der Waals surface area (Å²) in [5, 5.41) is 8.98. The third-order valence-corrected chi connectivity index (χ3v) is 6.00. The standard InChI is InChI=1S/C26H33NO5/c1-17(2)14-19-15-21(7-8-22(19)18-4-5-18)32-24-10-11-27(26(24)29)20-6-9-23(31-13-12-28)25(16-20)30-3/h6-9,15-18,24,28H,4-5,10-14H2,1-3H3. The van der Waals surface area contributed by atoms with Crippen molar-refractivity contribution in [1.29, 1.82) is 0 Å². The molecule has 4 rings (SSSR count). The average molecular weight is 440 g/mol. The number of ether oxygens (including phenoxy) is 3. The van der Waals surface area contributed by atoms with E-state index in [-0.39, 0.29) is 19.1 Å². The van der Waals surface area contributed by atoms with Gasteiger partial charge in [-0.3, -0.25) is 4.79 Å². The van der Waals surface area contributed by atoms with E-state index in [1.54, 1.807) is 24.1 Å². The minimum atomic E-state index is -0.495. The monoisotopic (exact) mass is 439 g/mol. The second-order valence-corrected chi connectivity index (χ2v) is 9.03. The maximum Gasteiger partial charge on any atom is 0.268 e. The number of aliphatic hydroxyl groups excluding tert-OH is 1. The molecule has 1 heterocycles. The topological polar surface area (TPSA) is 68.2 Å². The predicted molar refractivity (Wildman–Crippen MR) is 124 cm³/mol. The Morgan fingerprint density at radius 2 is 1.91 bits per heavy atom. The van der Waals surface area contributed by atoms with E-state index < -0.39 is 6.10 Å². The van der Waals surface area contributed by atoms with Crippen LogP contribution in [0.25, 0.3) is 0 Å². The summed E-state index contributed by atoms with van der Waals surface area (Å²) in [6.07, 6.45) is 3.71. The zero-order chi connectivity index (χ0) is 22.7. The van der Waals surface area contributed by atoms with Crippen molar-refractivity contribution < 1.29 is 24.1 Å². The van der Waals surface area contributed by atoms with Crippen LogP contribution >= 0.6 is 0 Å². The fourth-order valence-electron chi connectivity index (χ4n) is 4.35. The van der Waals surface area contributed by atoms with Crippen molar-refractivity contribution >= 4 is 11.6 Å². The Morgan fingerprint density at radius 3 is 2.59 bits per heavy atom. The van der Waals surface area contributed by atoms with Gasteiger partial charge in [0.2, 0.25) is 0 Å². The van der Waals surface area contributed by atoms with Crippen LogP contribution in [0.3, 0.4) is 0 Å². The first kappa shape index (κ1) is 22.5. The van der Waals surface area contributed by atoms with Crippen LogP contribution in [0.5, 0.6) is 17.2 Å². The van der Waals surface area contributed by atoms with Gasteiger partial charge in [-0.2, -0.15) is 0 Å². The number of amides is 1. The molecule has 2 fully saturated rings. The van der Waals surface area contributed by atoms with Crippen LogP contribution in [-0.4, -0.2) is 44.0 Å². The van der Waals surface area contributed by atoms with Gasteiger partial charge in [0, 0.05) is 24.7 Å². The maximum absolute atomic E-state index is 13.1. The van der Waals surface area contributed by atoms with E-state index in [4.69, 9.17) is 19.3 Å². The molecule has 2 aromatic carbocycles. The molecule has 2 aliphatic rings. The molecule has 32 heavy (non-hydrogen) atoms. The van der Waals surface area contributed by atoms with E-state index in [0.29, 0.717) is 36.3 Å². The lowest BCUT2D eigenvalue weighted by Gasteiger charge is -2.20. The van der Waals surface area contributed by atoms with Crippen LogP contribution in [0, 0.1) is 5.92 Å². The van der Waals surface area contributed by atoms with Crippen molar-refractivity contribution in [2.45, 2.75) is 51.6 Å². The molecule has 1 amide bonds. The number of carbonyl (C=O) groups excluding carboxylic acids is 1. The van der Waals surface area contributed by atoms with Crippen molar-refractivity contribution in [1.82, 2.24) is 0 Å². The molecule has 2 aromatic rings. The molecule has 1 N–H and O–H groups in total. The first-order valence-corrected chi connectivity index (χ1v) is 11.5. The van der Waals surface area contributed by atoms with Gasteiger partial charge in [0.25, 0.3) is 5.91 Å². The maximum atomic E-state index is 13.1. The van der Waals surface area contributed by atoms with Gasteiger partial charge in [-0.25, -0.2) is 0 Å². The number of anilines is 1. The lowest BCUT2D eigenvalue weighted by atomic mass is 9.95. The van der Waals surface area contributed by atoms with Gasteiger partial charge in [-0.1, -0.05) is 19.9 Å².